The summed E-state index contributed by atoms with van der Waals surface area (Å²) in [4.78, 5) is 57.1. The Balaban J connectivity index is 1.32. The molecule has 1 fully saturated rings. The fourth-order valence-electron chi connectivity index (χ4n) is 6.37. The van der Waals surface area contributed by atoms with Gasteiger partial charge in [-0.2, -0.15) is 0 Å². The van der Waals surface area contributed by atoms with Gasteiger partial charge in [-0.05, 0) is 80.7 Å². The maximum Gasteiger partial charge on any atom is 0.324 e. The summed E-state index contributed by atoms with van der Waals surface area (Å²) in [6, 6.07) is 13.7. The number of nitrogens with zero attached hydrogens (tertiary/aromatic N) is 2. The first-order valence-electron chi connectivity index (χ1n) is 14.7. The summed E-state index contributed by atoms with van der Waals surface area (Å²) in [5.74, 6) is -1.75. The Bertz CT molecular complexity index is 1300. The highest BCUT2D eigenvalue weighted by atomic mass is 16.6. The number of piperidine rings is 1. The predicted molar refractivity (Wildman–Crippen MR) is 153 cm³/mol. The number of likely N-dealkylation sites (tertiary alicyclic amines) is 1. The molecule has 0 spiro atoms. The van der Waals surface area contributed by atoms with Crippen LogP contribution in [0.15, 0.2) is 42.5 Å². The molecule has 2 aromatic carbocycles. The van der Waals surface area contributed by atoms with E-state index in [9.17, 15) is 19.2 Å². The molecule has 0 radical (unpaired) electrons. The number of rotatable bonds is 9. The van der Waals surface area contributed by atoms with Crippen LogP contribution in [0.25, 0.3) is 0 Å². The Hall–Kier alpha value is -3.88. The summed E-state index contributed by atoms with van der Waals surface area (Å²) in [7, 11) is 0. The number of fused-ring (bicyclic) bond motifs is 2. The number of para-hydroxylation sites is 1. The molecular weight excluding hydrogens is 522 g/mol. The van der Waals surface area contributed by atoms with Gasteiger partial charge in [0.05, 0.1) is 19.6 Å². The van der Waals surface area contributed by atoms with Crippen LogP contribution >= 0.6 is 0 Å². The van der Waals surface area contributed by atoms with E-state index in [1.165, 1.54) is 11.1 Å². The van der Waals surface area contributed by atoms with Crippen LogP contribution in [-0.4, -0.2) is 66.0 Å². The van der Waals surface area contributed by atoms with Crippen molar-refractivity contribution >= 4 is 29.6 Å². The highest BCUT2D eigenvalue weighted by Crippen LogP contribution is 2.35. The summed E-state index contributed by atoms with van der Waals surface area (Å²) >= 11 is 0. The van der Waals surface area contributed by atoms with E-state index in [1.807, 2.05) is 41.3 Å². The van der Waals surface area contributed by atoms with Gasteiger partial charge in [0.1, 0.15) is 0 Å². The Labute approximate surface area is 241 Å². The molecule has 3 amide bonds. The lowest BCUT2D eigenvalue weighted by atomic mass is 9.77. The molecule has 41 heavy (non-hydrogen) atoms. The first kappa shape index (κ1) is 28.6. The predicted octanol–water partition coefficient (Wildman–Crippen LogP) is 4.26. The van der Waals surface area contributed by atoms with Gasteiger partial charge in [-0.25, -0.2) is 4.79 Å². The zero-order valence-electron chi connectivity index (χ0n) is 23.9. The molecule has 9 heteroatoms. The van der Waals surface area contributed by atoms with E-state index in [2.05, 4.69) is 11.4 Å². The second-order valence-corrected chi connectivity index (χ2v) is 11.2. The lowest BCUT2D eigenvalue weighted by molar-refractivity contribution is -0.175. The van der Waals surface area contributed by atoms with Crippen molar-refractivity contribution in [3.63, 3.8) is 0 Å². The van der Waals surface area contributed by atoms with Gasteiger partial charge in [0, 0.05) is 31.4 Å². The van der Waals surface area contributed by atoms with E-state index in [1.54, 1.807) is 18.7 Å². The van der Waals surface area contributed by atoms with Crippen molar-refractivity contribution in [2.24, 2.45) is 5.41 Å². The lowest BCUT2D eigenvalue weighted by Crippen LogP contribution is -2.53. The number of carbonyl (C=O) groups excluding carboxylic acids is 4. The molecule has 2 aromatic rings. The number of benzene rings is 2. The van der Waals surface area contributed by atoms with Crippen molar-refractivity contribution in [3.05, 3.63) is 64.7 Å². The van der Waals surface area contributed by atoms with E-state index in [-0.39, 0.29) is 44.0 Å². The first-order chi connectivity index (χ1) is 19.8. The van der Waals surface area contributed by atoms with E-state index >= 15 is 0 Å². The van der Waals surface area contributed by atoms with Crippen molar-refractivity contribution < 1.29 is 28.7 Å². The van der Waals surface area contributed by atoms with E-state index in [0.717, 1.165) is 36.1 Å². The third kappa shape index (κ3) is 5.94. The van der Waals surface area contributed by atoms with Gasteiger partial charge in [0.15, 0.2) is 5.41 Å². The molecule has 2 heterocycles. The highest BCUT2D eigenvalue weighted by Gasteiger charge is 2.51. The molecule has 3 aliphatic rings. The molecule has 0 aromatic heterocycles. The Morgan fingerprint density at radius 1 is 0.927 bits per heavy atom. The number of nitrogens with one attached hydrogen (secondary N) is 1. The summed E-state index contributed by atoms with van der Waals surface area (Å²) in [5.41, 5.74) is 3.45. The number of esters is 2. The number of urea groups is 1. The van der Waals surface area contributed by atoms with Crippen molar-refractivity contribution in [1.82, 2.24) is 9.80 Å². The first-order valence-corrected chi connectivity index (χ1v) is 14.7. The van der Waals surface area contributed by atoms with E-state index in [4.69, 9.17) is 9.47 Å². The fraction of sp³-hybridized carbons (Fsp3) is 0.500. The standard InChI is InChI=1S/C32H39N3O6/c1-3-40-29(37)32(30(38)41-4-2,19-22-12-13-23-9-7-10-24(23)18-22)20-28(36)34-16-14-26(15-17-34)35-21-25-8-5-6-11-27(25)33-31(35)39/h5-6,8,11-13,18,26H,3-4,7,9-10,14-17,19-21H2,1-2H3,(H,33,39). The Kier molecular flexibility index (Phi) is 8.61. The molecule has 1 N–H and O–H groups in total. The number of aryl methyl sites for hydroxylation is 2. The molecule has 5 rings (SSSR count). The monoisotopic (exact) mass is 561 g/mol. The smallest absolute Gasteiger partial charge is 0.324 e. The van der Waals surface area contributed by atoms with Crippen molar-refractivity contribution in [2.45, 2.75) is 71.4 Å². The zero-order valence-corrected chi connectivity index (χ0v) is 23.9. The number of carbonyl (C=O) groups is 4. The lowest BCUT2D eigenvalue weighted by Gasteiger charge is -2.41. The number of anilines is 1. The van der Waals surface area contributed by atoms with Gasteiger partial charge < -0.3 is 24.6 Å². The number of ether oxygens (including phenoxy) is 2. The van der Waals surface area contributed by atoms with Crippen molar-refractivity contribution in [2.75, 3.05) is 31.6 Å². The maximum absolute atomic E-state index is 13.7. The van der Waals surface area contributed by atoms with Crippen LogP contribution in [0.2, 0.25) is 0 Å². The average Bonchev–Trinajstić information content (AvgIpc) is 3.45. The van der Waals surface area contributed by atoms with Gasteiger partial charge in [0.2, 0.25) is 5.91 Å². The molecule has 1 aliphatic carbocycles. The van der Waals surface area contributed by atoms with Crippen LogP contribution in [-0.2, 0) is 49.7 Å². The summed E-state index contributed by atoms with van der Waals surface area (Å²) in [5, 5.41) is 2.96. The zero-order chi connectivity index (χ0) is 29.0. The third-order valence-corrected chi connectivity index (χ3v) is 8.57. The largest absolute Gasteiger partial charge is 0.465 e. The molecule has 0 bridgehead atoms. The maximum atomic E-state index is 13.7. The Morgan fingerprint density at radius 3 is 2.32 bits per heavy atom. The summed E-state index contributed by atoms with van der Waals surface area (Å²) < 4.78 is 10.8. The van der Waals surface area contributed by atoms with Crippen LogP contribution in [0.4, 0.5) is 10.5 Å². The quantitative estimate of drug-likeness (QED) is 0.362. The SMILES string of the molecule is CCOC(=O)C(CC(=O)N1CCC(N2Cc3ccccc3NC2=O)CC1)(Cc1ccc2c(c1)CCC2)C(=O)OCC. The summed E-state index contributed by atoms with van der Waals surface area (Å²) in [6.07, 6.45) is 3.99. The van der Waals surface area contributed by atoms with Crippen LogP contribution in [0.1, 0.15) is 61.8 Å². The third-order valence-electron chi connectivity index (χ3n) is 8.57. The van der Waals surface area contributed by atoms with Crippen molar-refractivity contribution in [1.29, 1.82) is 0 Å². The minimum atomic E-state index is -1.77. The minimum Gasteiger partial charge on any atom is -0.465 e. The second-order valence-electron chi connectivity index (χ2n) is 11.2. The van der Waals surface area contributed by atoms with Crippen LogP contribution in [0, 0.1) is 5.41 Å². The van der Waals surface area contributed by atoms with Gasteiger partial charge in [-0.15, -0.1) is 0 Å². The van der Waals surface area contributed by atoms with Gasteiger partial charge in [-0.3, -0.25) is 14.4 Å². The topological polar surface area (TPSA) is 105 Å². The molecule has 0 atom stereocenters. The number of hydrogen-bond acceptors (Lipinski definition) is 6. The molecule has 0 saturated carbocycles. The molecule has 2 aliphatic heterocycles. The molecule has 9 nitrogen and oxygen atoms in total. The van der Waals surface area contributed by atoms with Gasteiger partial charge >= 0.3 is 18.0 Å². The van der Waals surface area contributed by atoms with Crippen LogP contribution in [0.5, 0.6) is 0 Å². The Morgan fingerprint density at radius 2 is 1.61 bits per heavy atom. The van der Waals surface area contributed by atoms with E-state index in [0.29, 0.717) is 32.5 Å². The number of hydrogen-bond donors (Lipinski definition) is 1. The summed E-state index contributed by atoms with van der Waals surface area (Å²) in [6.45, 7) is 4.92. The molecule has 0 unspecified atom stereocenters. The van der Waals surface area contributed by atoms with Crippen LogP contribution in [0.3, 0.4) is 0 Å². The van der Waals surface area contributed by atoms with E-state index < -0.39 is 17.4 Å². The minimum absolute atomic E-state index is 0.0151. The molecular formula is C32H39N3O6. The average molecular weight is 562 g/mol. The van der Waals surface area contributed by atoms with Gasteiger partial charge in [-0.1, -0.05) is 36.4 Å². The van der Waals surface area contributed by atoms with Gasteiger partial charge in [0.25, 0.3) is 0 Å². The second kappa shape index (κ2) is 12.3. The molecule has 1 saturated heterocycles. The molecule has 218 valence electrons. The fourth-order valence-corrected chi connectivity index (χ4v) is 6.37. The normalized spacial score (nSPS) is 17.0. The van der Waals surface area contributed by atoms with Crippen molar-refractivity contribution in [3.8, 4) is 0 Å². The highest BCUT2D eigenvalue weighted by molar-refractivity contribution is 6.04. The van der Waals surface area contributed by atoms with Crippen LogP contribution < -0.4 is 5.32 Å². The number of amides is 3.